The van der Waals surface area contributed by atoms with Gasteiger partial charge in [0, 0.05) is 12.4 Å². The van der Waals surface area contributed by atoms with Crippen molar-refractivity contribution < 1.29 is 0 Å². The van der Waals surface area contributed by atoms with Crippen LogP contribution in [0.1, 0.15) is 13.8 Å². The third-order valence-electron chi connectivity index (χ3n) is 1.54. The Morgan fingerprint density at radius 1 is 1.58 bits per heavy atom. The lowest BCUT2D eigenvalue weighted by molar-refractivity contribution is 1.37. The van der Waals surface area contributed by atoms with Crippen molar-refractivity contribution in [3.05, 3.63) is 36.2 Å². The van der Waals surface area contributed by atoms with Crippen LogP contribution in [0.25, 0.3) is 0 Å². The first kappa shape index (κ1) is 8.65. The van der Waals surface area contributed by atoms with E-state index in [-0.39, 0.29) is 0 Å². The fraction of sp³-hybridized carbons (Fsp3) is 0.200. The molecular weight excluding hydrogens is 148 g/mol. The Labute approximate surface area is 72.7 Å². The molecule has 0 aromatic heterocycles. The van der Waals surface area contributed by atoms with Gasteiger partial charge in [-0.25, -0.2) is 0 Å². The van der Waals surface area contributed by atoms with Gasteiger partial charge in [0.25, 0.3) is 0 Å². The van der Waals surface area contributed by atoms with E-state index >= 15 is 0 Å². The molecule has 0 aromatic rings. The standard InChI is InChI=1S/C10H12N2/c1-4-9-10(11-5-2)6-8(3)7-12-9/h4-7H,2H2,1,3H3/b9-4+,11-10?. The molecule has 1 heterocycles. The van der Waals surface area contributed by atoms with Crippen molar-refractivity contribution >= 4 is 11.9 Å². The van der Waals surface area contributed by atoms with E-state index in [1.165, 1.54) is 6.20 Å². The van der Waals surface area contributed by atoms with E-state index in [1.807, 2.05) is 32.2 Å². The fourth-order valence-corrected chi connectivity index (χ4v) is 0.989. The molecule has 0 aliphatic carbocycles. The number of hydrogen-bond donors (Lipinski definition) is 0. The number of rotatable bonds is 1. The van der Waals surface area contributed by atoms with Gasteiger partial charge in [-0.2, -0.15) is 0 Å². The lowest BCUT2D eigenvalue weighted by Crippen LogP contribution is -2.03. The summed E-state index contributed by atoms with van der Waals surface area (Å²) in [6.07, 6.45) is 7.28. The molecular formula is C10H12N2. The average molecular weight is 160 g/mol. The smallest absolute Gasteiger partial charge is 0.0885 e. The van der Waals surface area contributed by atoms with Gasteiger partial charge < -0.3 is 0 Å². The minimum absolute atomic E-state index is 0.882. The number of hydrogen-bond acceptors (Lipinski definition) is 2. The van der Waals surface area contributed by atoms with E-state index in [1.54, 1.807) is 0 Å². The second kappa shape index (κ2) is 3.81. The van der Waals surface area contributed by atoms with Gasteiger partial charge in [-0.15, -0.1) is 0 Å². The summed E-state index contributed by atoms with van der Waals surface area (Å²) in [5, 5.41) is 0. The molecule has 2 heteroatoms. The molecule has 12 heavy (non-hydrogen) atoms. The molecule has 0 N–H and O–H groups in total. The van der Waals surface area contributed by atoms with Crippen molar-refractivity contribution in [2.75, 3.05) is 0 Å². The Morgan fingerprint density at radius 2 is 2.33 bits per heavy atom. The van der Waals surface area contributed by atoms with Gasteiger partial charge in [-0.05, 0) is 25.5 Å². The maximum atomic E-state index is 4.22. The minimum atomic E-state index is 0.882. The van der Waals surface area contributed by atoms with E-state index < -0.39 is 0 Å². The third-order valence-corrected chi connectivity index (χ3v) is 1.54. The highest BCUT2D eigenvalue weighted by molar-refractivity contribution is 6.14. The van der Waals surface area contributed by atoms with Crippen LogP contribution in [0.4, 0.5) is 0 Å². The normalized spacial score (nSPS) is 23.0. The molecule has 0 aromatic carbocycles. The summed E-state index contributed by atoms with van der Waals surface area (Å²) >= 11 is 0. The van der Waals surface area contributed by atoms with E-state index in [9.17, 15) is 0 Å². The van der Waals surface area contributed by atoms with Crippen LogP contribution in [0.2, 0.25) is 0 Å². The summed E-state index contributed by atoms with van der Waals surface area (Å²) in [5.41, 5.74) is 2.90. The highest BCUT2D eigenvalue weighted by Gasteiger charge is 2.05. The molecule has 62 valence electrons. The van der Waals surface area contributed by atoms with Crippen molar-refractivity contribution in [2.24, 2.45) is 9.98 Å². The molecule has 1 aliphatic rings. The van der Waals surface area contributed by atoms with Crippen molar-refractivity contribution in [3.63, 3.8) is 0 Å². The van der Waals surface area contributed by atoms with Gasteiger partial charge in [0.1, 0.15) is 0 Å². The van der Waals surface area contributed by atoms with Gasteiger partial charge in [-0.3, -0.25) is 9.98 Å². The molecule has 2 nitrogen and oxygen atoms in total. The molecule has 0 saturated carbocycles. The molecule has 1 rings (SSSR count). The highest BCUT2D eigenvalue weighted by atomic mass is 14.8. The van der Waals surface area contributed by atoms with Crippen LogP contribution in [-0.4, -0.2) is 11.9 Å². The molecule has 0 saturated heterocycles. The first-order valence-corrected chi connectivity index (χ1v) is 3.85. The average Bonchev–Trinajstić information content (AvgIpc) is 2.05. The number of allylic oxidation sites excluding steroid dienone is 3. The van der Waals surface area contributed by atoms with Crippen LogP contribution in [-0.2, 0) is 0 Å². The predicted octanol–water partition coefficient (Wildman–Crippen LogP) is 2.51. The van der Waals surface area contributed by atoms with Gasteiger partial charge in [-0.1, -0.05) is 12.7 Å². The number of aliphatic imine (C=N–C) groups is 2. The first-order valence-electron chi connectivity index (χ1n) is 3.85. The zero-order valence-corrected chi connectivity index (χ0v) is 7.41. The quantitative estimate of drug-likeness (QED) is 0.563. The lowest BCUT2D eigenvalue weighted by atomic mass is 10.1. The van der Waals surface area contributed by atoms with Crippen molar-refractivity contribution in [3.8, 4) is 0 Å². The second-order valence-electron chi connectivity index (χ2n) is 2.52. The largest absolute Gasteiger partial charge is 0.255 e. The van der Waals surface area contributed by atoms with Crippen LogP contribution in [0.15, 0.2) is 46.2 Å². The maximum absolute atomic E-state index is 4.22. The van der Waals surface area contributed by atoms with E-state index in [0.29, 0.717) is 0 Å². The summed E-state index contributed by atoms with van der Waals surface area (Å²) in [5.74, 6) is 0. The zero-order valence-electron chi connectivity index (χ0n) is 7.41. The minimum Gasteiger partial charge on any atom is -0.255 e. The first-order chi connectivity index (χ1) is 5.77. The van der Waals surface area contributed by atoms with E-state index in [2.05, 4.69) is 16.6 Å². The monoisotopic (exact) mass is 160 g/mol. The number of nitrogens with zero attached hydrogens (tertiary/aromatic N) is 2. The van der Waals surface area contributed by atoms with Gasteiger partial charge in [0.05, 0.1) is 11.4 Å². The van der Waals surface area contributed by atoms with E-state index in [0.717, 1.165) is 17.0 Å². The summed E-state index contributed by atoms with van der Waals surface area (Å²) < 4.78 is 0. The lowest BCUT2D eigenvalue weighted by Gasteiger charge is -2.06. The Morgan fingerprint density at radius 3 is 2.92 bits per heavy atom. The summed E-state index contributed by atoms with van der Waals surface area (Å²) in [6, 6.07) is 0. The Kier molecular flexibility index (Phi) is 2.75. The maximum Gasteiger partial charge on any atom is 0.0885 e. The molecule has 0 spiro atoms. The molecule has 0 radical (unpaired) electrons. The van der Waals surface area contributed by atoms with Crippen LogP contribution < -0.4 is 0 Å². The van der Waals surface area contributed by atoms with Gasteiger partial charge in [0.15, 0.2) is 0 Å². The SMILES string of the molecule is C=CN=C1C=C(C)C=N/C1=C/C. The molecule has 0 unspecified atom stereocenters. The van der Waals surface area contributed by atoms with Crippen molar-refractivity contribution in [2.45, 2.75) is 13.8 Å². The zero-order chi connectivity index (χ0) is 8.97. The summed E-state index contributed by atoms with van der Waals surface area (Å²) in [7, 11) is 0. The Bertz CT molecular complexity index is 304. The fourth-order valence-electron chi connectivity index (χ4n) is 0.989. The van der Waals surface area contributed by atoms with E-state index in [4.69, 9.17) is 0 Å². The van der Waals surface area contributed by atoms with Crippen LogP contribution in [0, 0.1) is 0 Å². The van der Waals surface area contributed by atoms with Gasteiger partial charge >= 0.3 is 0 Å². The second-order valence-corrected chi connectivity index (χ2v) is 2.52. The van der Waals surface area contributed by atoms with Crippen molar-refractivity contribution in [1.29, 1.82) is 0 Å². The highest BCUT2D eigenvalue weighted by Crippen LogP contribution is 2.09. The molecule has 0 bridgehead atoms. The van der Waals surface area contributed by atoms with Gasteiger partial charge in [0.2, 0.25) is 0 Å². The van der Waals surface area contributed by atoms with Crippen LogP contribution >= 0.6 is 0 Å². The van der Waals surface area contributed by atoms with Crippen LogP contribution in [0.3, 0.4) is 0 Å². The molecule has 1 aliphatic heterocycles. The molecule has 0 atom stereocenters. The third kappa shape index (κ3) is 1.78. The van der Waals surface area contributed by atoms with Crippen LogP contribution in [0.5, 0.6) is 0 Å². The van der Waals surface area contributed by atoms with Crippen molar-refractivity contribution in [1.82, 2.24) is 0 Å². The molecule has 0 amide bonds. The molecule has 0 fully saturated rings. The number of dihydropyridines is 1. The summed E-state index contributed by atoms with van der Waals surface area (Å²) in [4.78, 5) is 8.33. The summed E-state index contributed by atoms with van der Waals surface area (Å²) in [6.45, 7) is 7.49. The topological polar surface area (TPSA) is 24.7 Å². The Balaban J connectivity index is 3.05. The predicted molar refractivity (Wildman–Crippen MR) is 53.6 cm³/mol. The Hall–Kier alpha value is -1.44.